The molecule has 0 fully saturated rings. The number of benzene rings is 1. The molecule has 2 nitrogen and oxygen atoms in total. The van der Waals surface area contributed by atoms with Crippen LogP contribution >= 0.6 is 35.0 Å². The molecule has 0 aliphatic carbocycles. The molecule has 0 N–H and O–H groups in total. The van der Waals surface area contributed by atoms with Crippen LogP contribution in [0.4, 0.5) is 4.39 Å². The van der Waals surface area contributed by atoms with Gasteiger partial charge in [0.05, 0.1) is 21.9 Å². The Hall–Kier alpha value is -0.450. The second-order valence-corrected chi connectivity index (χ2v) is 6.29. The minimum atomic E-state index is -0.424. The van der Waals surface area contributed by atoms with Crippen LogP contribution in [0.1, 0.15) is 25.7 Å². The minimum Gasteiger partial charge on any atom is -0.323 e. The van der Waals surface area contributed by atoms with Crippen LogP contribution in [0.5, 0.6) is 0 Å². The molecule has 2 aromatic rings. The van der Waals surface area contributed by atoms with Crippen molar-refractivity contribution >= 4 is 46.0 Å². The van der Waals surface area contributed by atoms with Crippen LogP contribution in [0.2, 0.25) is 5.02 Å². The first-order chi connectivity index (χ1) is 9.08. The molecular weight excluding hydrogens is 306 g/mol. The highest BCUT2D eigenvalue weighted by molar-refractivity contribution is 7.99. The molecule has 0 aliphatic heterocycles. The van der Waals surface area contributed by atoms with E-state index in [1.807, 2.05) is 16.3 Å². The normalized spacial score (nSPS) is 13.1. The molecule has 0 radical (unpaired) electrons. The predicted molar refractivity (Wildman–Crippen MR) is 82.0 cm³/mol. The molecule has 19 heavy (non-hydrogen) atoms. The summed E-state index contributed by atoms with van der Waals surface area (Å²) in [5, 5.41) is 0.0915. The first-order valence-electron chi connectivity index (χ1n) is 6.08. The number of rotatable bonds is 5. The van der Waals surface area contributed by atoms with Gasteiger partial charge in [-0.1, -0.05) is 18.5 Å². The van der Waals surface area contributed by atoms with Gasteiger partial charge in [0.15, 0.2) is 0 Å². The van der Waals surface area contributed by atoms with Gasteiger partial charge >= 0.3 is 0 Å². The molecule has 1 unspecified atom stereocenters. The number of halogens is 3. The SMILES string of the molecule is CCSCC(C)n1c(CCl)nc2cc(Cl)c(F)cc21. The number of hydrogen-bond acceptors (Lipinski definition) is 2. The van der Waals surface area contributed by atoms with Crippen LogP contribution in [0, 0.1) is 5.82 Å². The number of thioether (sulfide) groups is 1. The number of aromatic nitrogens is 2. The fourth-order valence-corrected chi connectivity index (χ4v) is 3.16. The van der Waals surface area contributed by atoms with Crippen molar-refractivity contribution in [3.05, 3.63) is 28.8 Å². The standard InChI is InChI=1S/C13H15Cl2FN2S/c1-3-19-7-8(2)18-12-5-10(16)9(15)4-11(12)17-13(18)6-14/h4-5,8H,3,6-7H2,1-2H3. The number of hydrogen-bond donors (Lipinski definition) is 0. The Balaban J connectivity index is 2.53. The Morgan fingerprint density at radius 3 is 2.84 bits per heavy atom. The zero-order chi connectivity index (χ0) is 14.0. The van der Waals surface area contributed by atoms with Crippen molar-refractivity contribution in [1.29, 1.82) is 0 Å². The van der Waals surface area contributed by atoms with E-state index >= 15 is 0 Å². The third-order valence-electron chi connectivity index (χ3n) is 2.93. The third-order valence-corrected chi connectivity index (χ3v) is 4.58. The lowest BCUT2D eigenvalue weighted by atomic mass is 10.3. The van der Waals surface area contributed by atoms with Gasteiger partial charge < -0.3 is 4.57 Å². The van der Waals surface area contributed by atoms with E-state index in [0.29, 0.717) is 11.4 Å². The van der Waals surface area contributed by atoms with E-state index in [-0.39, 0.29) is 11.1 Å². The van der Waals surface area contributed by atoms with Crippen LogP contribution in [-0.2, 0) is 5.88 Å². The van der Waals surface area contributed by atoms with Crippen molar-refractivity contribution in [3.63, 3.8) is 0 Å². The average molecular weight is 321 g/mol. The van der Waals surface area contributed by atoms with E-state index in [9.17, 15) is 4.39 Å². The molecule has 0 spiro atoms. The summed E-state index contributed by atoms with van der Waals surface area (Å²) in [6.07, 6.45) is 0. The second kappa shape index (κ2) is 6.33. The van der Waals surface area contributed by atoms with Gasteiger partial charge in [0, 0.05) is 17.9 Å². The molecule has 0 saturated carbocycles. The number of nitrogens with zero attached hydrogens (tertiary/aromatic N) is 2. The van der Waals surface area contributed by atoms with E-state index in [0.717, 1.165) is 22.8 Å². The lowest BCUT2D eigenvalue weighted by molar-refractivity contribution is 0.600. The van der Waals surface area contributed by atoms with Gasteiger partial charge in [0.1, 0.15) is 11.6 Å². The Morgan fingerprint density at radius 2 is 2.21 bits per heavy atom. The van der Waals surface area contributed by atoms with Crippen molar-refractivity contribution in [2.45, 2.75) is 25.8 Å². The Bertz CT molecular complexity index is 586. The van der Waals surface area contributed by atoms with Crippen LogP contribution in [-0.4, -0.2) is 21.1 Å². The molecular formula is C13H15Cl2FN2S. The summed E-state index contributed by atoms with van der Waals surface area (Å²) in [6.45, 7) is 4.21. The quantitative estimate of drug-likeness (QED) is 0.730. The van der Waals surface area contributed by atoms with Gasteiger partial charge in [-0.25, -0.2) is 9.37 Å². The summed E-state index contributed by atoms with van der Waals surface area (Å²) in [5.41, 5.74) is 1.44. The van der Waals surface area contributed by atoms with Crippen molar-refractivity contribution in [3.8, 4) is 0 Å². The fourth-order valence-electron chi connectivity index (χ4n) is 2.09. The Morgan fingerprint density at radius 1 is 1.47 bits per heavy atom. The van der Waals surface area contributed by atoms with Crippen LogP contribution in [0.3, 0.4) is 0 Å². The number of alkyl halides is 1. The van der Waals surface area contributed by atoms with Crippen molar-refractivity contribution in [2.24, 2.45) is 0 Å². The van der Waals surface area contributed by atoms with Gasteiger partial charge in [0.25, 0.3) is 0 Å². The maximum Gasteiger partial charge on any atom is 0.144 e. The predicted octanol–water partition coefficient (Wildman–Crippen LogP) is 4.88. The summed E-state index contributed by atoms with van der Waals surface area (Å²) in [4.78, 5) is 4.43. The molecule has 0 saturated heterocycles. The van der Waals surface area contributed by atoms with Gasteiger partial charge in [-0.15, -0.1) is 11.6 Å². The van der Waals surface area contributed by atoms with E-state index in [1.54, 1.807) is 6.07 Å². The Kier molecular flexibility index (Phi) is 4.98. The molecule has 1 heterocycles. The van der Waals surface area contributed by atoms with Gasteiger partial charge in [-0.2, -0.15) is 11.8 Å². The maximum absolute atomic E-state index is 13.6. The summed E-state index contributed by atoms with van der Waals surface area (Å²) < 4.78 is 15.7. The smallest absolute Gasteiger partial charge is 0.144 e. The van der Waals surface area contributed by atoms with Crippen LogP contribution < -0.4 is 0 Å². The molecule has 0 aliphatic rings. The zero-order valence-electron chi connectivity index (χ0n) is 10.8. The van der Waals surface area contributed by atoms with Gasteiger partial charge in [0.2, 0.25) is 0 Å². The molecule has 2 rings (SSSR count). The van der Waals surface area contributed by atoms with Crippen molar-refractivity contribution in [1.82, 2.24) is 9.55 Å². The monoisotopic (exact) mass is 320 g/mol. The first-order valence-corrected chi connectivity index (χ1v) is 8.14. The molecule has 1 atom stereocenters. The van der Waals surface area contributed by atoms with E-state index in [4.69, 9.17) is 23.2 Å². The summed E-state index contributed by atoms with van der Waals surface area (Å²) in [6, 6.07) is 3.20. The molecule has 104 valence electrons. The lowest BCUT2D eigenvalue weighted by Crippen LogP contribution is -2.11. The fraction of sp³-hybridized carbons (Fsp3) is 0.462. The maximum atomic E-state index is 13.6. The highest BCUT2D eigenvalue weighted by Crippen LogP contribution is 2.28. The second-order valence-electron chi connectivity index (χ2n) is 4.30. The van der Waals surface area contributed by atoms with Gasteiger partial charge in [-0.05, 0) is 18.7 Å². The van der Waals surface area contributed by atoms with Crippen LogP contribution in [0.25, 0.3) is 11.0 Å². The van der Waals surface area contributed by atoms with Crippen LogP contribution in [0.15, 0.2) is 12.1 Å². The third kappa shape index (κ3) is 3.01. The topological polar surface area (TPSA) is 17.8 Å². The van der Waals surface area contributed by atoms with E-state index < -0.39 is 5.82 Å². The molecule has 0 bridgehead atoms. The van der Waals surface area contributed by atoms with Crippen molar-refractivity contribution in [2.75, 3.05) is 11.5 Å². The summed E-state index contributed by atoms with van der Waals surface area (Å²) in [5.74, 6) is 2.62. The zero-order valence-corrected chi connectivity index (χ0v) is 13.1. The summed E-state index contributed by atoms with van der Waals surface area (Å²) in [7, 11) is 0. The molecule has 1 aromatic carbocycles. The largest absolute Gasteiger partial charge is 0.323 e. The first kappa shape index (κ1) is 14.9. The minimum absolute atomic E-state index is 0.0915. The Labute approximate surface area is 126 Å². The van der Waals surface area contributed by atoms with E-state index in [1.165, 1.54) is 6.07 Å². The van der Waals surface area contributed by atoms with Crippen molar-refractivity contribution < 1.29 is 4.39 Å². The van der Waals surface area contributed by atoms with Gasteiger partial charge in [-0.3, -0.25) is 0 Å². The lowest BCUT2D eigenvalue weighted by Gasteiger charge is -2.16. The number of imidazole rings is 1. The molecule has 1 aromatic heterocycles. The average Bonchev–Trinajstić information content (AvgIpc) is 2.74. The number of fused-ring (bicyclic) bond motifs is 1. The highest BCUT2D eigenvalue weighted by Gasteiger charge is 2.17. The summed E-state index contributed by atoms with van der Waals surface area (Å²) >= 11 is 13.6. The van der Waals surface area contributed by atoms with E-state index in [2.05, 4.69) is 18.8 Å². The highest BCUT2D eigenvalue weighted by atomic mass is 35.5. The molecule has 6 heteroatoms. The molecule has 0 amide bonds.